The van der Waals surface area contributed by atoms with Crippen LogP contribution in [0.5, 0.6) is 0 Å². The van der Waals surface area contributed by atoms with Crippen LogP contribution in [-0.4, -0.2) is 0 Å². The summed E-state index contributed by atoms with van der Waals surface area (Å²) in [7, 11) is 0. The third-order valence-corrected chi connectivity index (χ3v) is 19.3. The van der Waals surface area contributed by atoms with Gasteiger partial charge < -0.3 is 9.80 Å². The Hall–Kier alpha value is -6.90. The van der Waals surface area contributed by atoms with Crippen molar-refractivity contribution in [3.05, 3.63) is 213 Å². The van der Waals surface area contributed by atoms with Crippen LogP contribution in [0.2, 0.25) is 0 Å². The summed E-state index contributed by atoms with van der Waals surface area (Å²) in [5.74, 6) is 0. The average molecular weight is 1230 g/mol. The maximum Gasteiger partial charge on any atom is 0.0620 e. The van der Waals surface area contributed by atoms with E-state index in [1.165, 1.54) is 99.4 Å². The molecular weight excluding hydrogens is 1110 g/mol. The second kappa shape index (κ2) is 23.5. The first-order valence-electron chi connectivity index (χ1n) is 34.4. The number of rotatable bonds is 8. The Bertz CT molecular complexity index is 3680. The molecule has 0 N–H and O–H groups in total. The number of nitrogens with zero attached hydrogens (tertiary/aromatic N) is 2. The minimum Gasteiger partial charge on any atom is -0.309 e. The van der Waals surface area contributed by atoms with Gasteiger partial charge in [-0.1, -0.05) is 305 Å². The van der Waals surface area contributed by atoms with Crippen molar-refractivity contribution in [1.29, 1.82) is 0 Å². The maximum absolute atomic E-state index is 2.71. The molecule has 9 rings (SSSR count). The standard InChI is InChI=1S/C90H116N2/c1-81(2,3)61-35-31-33-57(41-61)59-37-39-75-77(43-59)79(91(71-49-63(83(7,8)9)45-64(50-71)84(10,11)12)72-51-65(85(13,14)15)46-66(52-72)86(16,17)18)76-40-38-60(58-34-32-36-62(42-58)82(4,5)6)44-78(76)80(75)92(73-53-67(87(19,20)21)47-68(54-73)88(22,23)24)74-55-69(89(25,26)27)48-70(56-74)90(28,29)30/h31-56H,1-30H3. The summed E-state index contributed by atoms with van der Waals surface area (Å²) in [6.45, 7) is 71.0. The Morgan fingerprint density at radius 3 is 0.565 bits per heavy atom. The molecule has 0 fully saturated rings. The quantitative estimate of drug-likeness (QED) is 0.111. The van der Waals surface area contributed by atoms with Crippen molar-refractivity contribution >= 4 is 55.7 Å². The number of hydrogen-bond donors (Lipinski definition) is 0. The zero-order chi connectivity index (χ0) is 68.4. The smallest absolute Gasteiger partial charge is 0.0620 e. The van der Waals surface area contributed by atoms with Crippen LogP contribution in [0, 0.1) is 0 Å². The van der Waals surface area contributed by atoms with E-state index >= 15 is 0 Å². The second-order valence-corrected chi connectivity index (χ2v) is 37.6. The van der Waals surface area contributed by atoms with Gasteiger partial charge in [-0.2, -0.15) is 0 Å². The lowest BCUT2D eigenvalue weighted by molar-refractivity contribution is 0.567. The van der Waals surface area contributed by atoms with Crippen molar-refractivity contribution in [1.82, 2.24) is 0 Å². The molecule has 0 radical (unpaired) electrons. The van der Waals surface area contributed by atoms with Crippen molar-refractivity contribution in [3.63, 3.8) is 0 Å². The van der Waals surface area contributed by atoms with E-state index in [0.717, 1.165) is 34.1 Å². The summed E-state index contributed by atoms with van der Waals surface area (Å²) in [5.41, 5.74) is 23.6. The van der Waals surface area contributed by atoms with Crippen molar-refractivity contribution < 1.29 is 0 Å². The van der Waals surface area contributed by atoms with E-state index < -0.39 is 0 Å². The molecule has 0 unspecified atom stereocenters. The van der Waals surface area contributed by atoms with Crippen LogP contribution in [0.4, 0.5) is 34.1 Å². The summed E-state index contributed by atoms with van der Waals surface area (Å²) >= 11 is 0. The van der Waals surface area contributed by atoms with E-state index in [9.17, 15) is 0 Å². The van der Waals surface area contributed by atoms with E-state index in [1.807, 2.05) is 0 Å². The first-order valence-corrected chi connectivity index (χ1v) is 34.4. The van der Waals surface area contributed by atoms with Crippen LogP contribution in [0.15, 0.2) is 158 Å². The molecular formula is C90H116N2. The topological polar surface area (TPSA) is 6.48 Å². The van der Waals surface area contributed by atoms with E-state index in [0.29, 0.717) is 0 Å². The highest BCUT2D eigenvalue weighted by molar-refractivity contribution is 6.24. The molecule has 0 heterocycles. The summed E-state index contributed by atoms with van der Waals surface area (Å²) in [5, 5.41) is 4.72. The molecule has 0 amide bonds. The molecule has 0 aliphatic heterocycles. The molecule has 0 bridgehead atoms. The molecule has 486 valence electrons. The Morgan fingerprint density at radius 2 is 0.370 bits per heavy atom. The molecule has 9 aromatic carbocycles. The molecule has 0 saturated heterocycles. The van der Waals surface area contributed by atoms with Gasteiger partial charge in [0.15, 0.2) is 0 Å². The van der Waals surface area contributed by atoms with E-state index in [2.05, 4.69) is 375 Å². The molecule has 0 saturated carbocycles. The Labute approximate surface area is 559 Å². The summed E-state index contributed by atoms with van der Waals surface area (Å²) in [4.78, 5) is 5.41. The molecule has 0 aliphatic carbocycles. The third-order valence-electron chi connectivity index (χ3n) is 19.3. The largest absolute Gasteiger partial charge is 0.309 e. The monoisotopic (exact) mass is 1220 g/mol. The van der Waals surface area contributed by atoms with Gasteiger partial charge in [0, 0.05) is 44.3 Å². The predicted molar refractivity (Wildman–Crippen MR) is 409 cm³/mol. The normalized spacial score (nSPS) is 13.5. The molecule has 0 aromatic heterocycles. The maximum atomic E-state index is 2.71. The molecule has 2 nitrogen and oxygen atoms in total. The van der Waals surface area contributed by atoms with Crippen LogP contribution in [0.1, 0.15) is 263 Å². The molecule has 0 spiro atoms. The molecule has 9 aromatic rings. The molecule has 92 heavy (non-hydrogen) atoms. The number of fused-ring (bicyclic) bond motifs is 2. The number of anilines is 6. The van der Waals surface area contributed by atoms with Gasteiger partial charge in [-0.25, -0.2) is 0 Å². The lowest BCUT2D eigenvalue weighted by atomic mass is 9.79. The van der Waals surface area contributed by atoms with Crippen LogP contribution in [-0.2, 0) is 54.1 Å². The summed E-state index contributed by atoms with van der Waals surface area (Å²) in [6.07, 6.45) is 0. The van der Waals surface area contributed by atoms with Crippen LogP contribution >= 0.6 is 0 Å². The van der Waals surface area contributed by atoms with Gasteiger partial charge in [0.2, 0.25) is 0 Å². The highest BCUT2D eigenvalue weighted by Gasteiger charge is 2.34. The lowest BCUT2D eigenvalue weighted by Crippen LogP contribution is -2.22. The fourth-order valence-electron chi connectivity index (χ4n) is 12.6. The van der Waals surface area contributed by atoms with Gasteiger partial charge in [-0.15, -0.1) is 0 Å². The third kappa shape index (κ3) is 14.7. The predicted octanol–water partition coefficient (Wildman–Crippen LogP) is 27.2. The minimum absolute atomic E-state index is 0.0462. The van der Waals surface area contributed by atoms with Gasteiger partial charge in [0.1, 0.15) is 0 Å². The highest BCUT2D eigenvalue weighted by Crippen LogP contribution is 2.55. The van der Waals surface area contributed by atoms with Crippen LogP contribution in [0.25, 0.3) is 43.8 Å². The minimum atomic E-state index is -0.150. The van der Waals surface area contributed by atoms with E-state index in [4.69, 9.17) is 0 Å². The van der Waals surface area contributed by atoms with Gasteiger partial charge in [0.25, 0.3) is 0 Å². The molecule has 0 aliphatic rings. The fraction of sp³-hybridized carbons (Fsp3) is 0.444. The summed E-state index contributed by atoms with van der Waals surface area (Å²) in [6, 6.07) is 63.8. The van der Waals surface area contributed by atoms with Gasteiger partial charge >= 0.3 is 0 Å². The Kier molecular flexibility index (Phi) is 17.8. The van der Waals surface area contributed by atoms with Crippen LogP contribution in [0.3, 0.4) is 0 Å². The summed E-state index contributed by atoms with van der Waals surface area (Å²) < 4.78 is 0. The number of benzene rings is 9. The average Bonchev–Trinajstić information content (AvgIpc) is 0.713. The zero-order valence-corrected chi connectivity index (χ0v) is 62.9. The van der Waals surface area contributed by atoms with Gasteiger partial charge in [-0.05, 0) is 193 Å². The van der Waals surface area contributed by atoms with Gasteiger partial charge in [0.05, 0.1) is 11.4 Å². The van der Waals surface area contributed by atoms with Crippen molar-refractivity contribution in [2.75, 3.05) is 9.80 Å². The Morgan fingerprint density at radius 1 is 0.174 bits per heavy atom. The van der Waals surface area contributed by atoms with Crippen molar-refractivity contribution in [2.45, 2.75) is 262 Å². The van der Waals surface area contributed by atoms with Crippen LogP contribution < -0.4 is 9.80 Å². The second-order valence-electron chi connectivity index (χ2n) is 37.6. The Balaban J connectivity index is 1.66. The molecule has 2 heteroatoms. The first kappa shape index (κ1) is 69.4. The SMILES string of the molecule is CC(C)(C)c1cccc(-c2ccc3c(N(c4cc(C(C)(C)C)cc(C(C)(C)C)c4)c4cc(C(C)(C)C)cc(C(C)(C)C)c4)c4cc(-c5cccc(C(C)(C)C)c5)ccc4c(N(c4cc(C(C)(C)C)cc(C(C)(C)C)c4)c4cc(C(C)(C)C)cc(C(C)(C)C)c4)c3c2)c1. The number of hydrogen-bond acceptors (Lipinski definition) is 2. The zero-order valence-electron chi connectivity index (χ0n) is 62.9. The van der Waals surface area contributed by atoms with Gasteiger partial charge in [-0.3, -0.25) is 0 Å². The first-order chi connectivity index (χ1) is 41.9. The van der Waals surface area contributed by atoms with Crippen molar-refractivity contribution in [3.8, 4) is 22.3 Å². The van der Waals surface area contributed by atoms with Crippen molar-refractivity contribution in [2.24, 2.45) is 0 Å². The van der Waals surface area contributed by atoms with E-state index in [1.54, 1.807) is 0 Å². The fourth-order valence-corrected chi connectivity index (χ4v) is 12.6. The van der Waals surface area contributed by atoms with E-state index in [-0.39, 0.29) is 54.1 Å². The lowest BCUT2D eigenvalue weighted by Gasteiger charge is -2.37. The molecule has 0 atom stereocenters. The highest BCUT2D eigenvalue weighted by atomic mass is 15.2.